The Labute approximate surface area is 66.5 Å². The van der Waals surface area contributed by atoms with Gasteiger partial charge in [0, 0.05) is 17.8 Å². The lowest BCUT2D eigenvalue weighted by Crippen LogP contribution is -2.32. The lowest BCUT2D eigenvalue weighted by Gasteiger charge is -2.21. The Hall–Kier alpha value is -1.05. The number of nitrogens with zero attached hydrogens (tertiary/aromatic N) is 1. The highest BCUT2D eigenvalue weighted by molar-refractivity contribution is 4.96. The van der Waals surface area contributed by atoms with Crippen LogP contribution < -0.4 is 5.56 Å². The Morgan fingerprint density at radius 3 is 2.27 bits per heavy atom. The summed E-state index contributed by atoms with van der Waals surface area (Å²) in [6.07, 6.45) is 1.81. The molecule has 0 amide bonds. The zero-order chi connectivity index (χ0) is 8.48. The molecule has 1 heterocycles. The fourth-order valence-electron chi connectivity index (χ4n) is 0.982. The Bertz CT molecular complexity index is 293. The van der Waals surface area contributed by atoms with Gasteiger partial charge in [0.1, 0.15) is 0 Å². The molecule has 0 bridgehead atoms. The molecule has 0 atom stereocenters. The zero-order valence-corrected chi connectivity index (χ0v) is 7.16. The SMILES string of the molecule is CC(C)(C)n1ccccc1=O. The first-order chi connectivity index (χ1) is 5.02. The van der Waals surface area contributed by atoms with Crippen molar-refractivity contribution in [3.05, 3.63) is 34.7 Å². The molecule has 0 aliphatic heterocycles. The maximum absolute atomic E-state index is 11.2. The summed E-state index contributed by atoms with van der Waals surface area (Å²) in [6, 6.07) is 5.20. The predicted octanol–water partition coefficient (Wildman–Crippen LogP) is 1.60. The summed E-state index contributed by atoms with van der Waals surface area (Å²) in [6.45, 7) is 6.02. The standard InChI is InChI=1S/C9H13NO/c1-9(2,3)10-7-5-4-6-8(10)11/h4-7H,1-3H3. The van der Waals surface area contributed by atoms with Gasteiger partial charge in [-0.15, -0.1) is 0 Å². The molecule has 60 valence electrons. The zero-order valence-electron chi connectivity index (χ0n) is 7.16. The highest BCUT2D eigenvalue weighted by Crippen LogP contribution is 2.08. The highest BCUT2D eigenvalue weighted by Gasteiger charge is 2.12. The molecule has 2 heteroatoms. The van der Waals surface area contributed by atoms with E-state index in [0.29, 0.717) is 0 Å². The Kier molecular flexibility index (Phi) is 1.85. The van der Waals surface area contributed by atoms with Crippen molar-refractivity contribution in [2.24, 2.45) is 0 Å². The lowest BCUT2D eigenvalue weighted by atomic mass is 10.1. The van der Waals surface area contributed by atoms with Crippen LogP contribution in [0.15, 0.2) is 29.2 Å². The van der Waals surface area contributed by atoms with Gasteiger partial charge in [0.15, 0.2) is 0 Å². The first-order valence-corrected chi connectivity index (χ1v) is 3.70. The van der Waals surface area contributed by atoms with E-state index in [2.05, 4.69) is 0 Å². The maximum Gasteiger partial charge on any atom is 0.250 e. The van der Waals surface area contributed by atoms with Crippen LogP contribution in [0.3, 0.4) is 0 Å². The molecule has 0 aliphatic rings. The van der Waals surface area contributed by atoms with Gasteiger partial charge in [0.25, 0.3) is 5.56 Å². The molecule has 0 unspecified atom stereocenters. The van der Waals surface area contributed by atoms with Crippen LogP contribution in [0.4, 0.5) is 0 Å². The number of hydrogen-bond acceptors (Lipinski definition) is 1. The van der Waals surface area contributed by atoms with E-state index in [1.54, 1.807) is 16.7 Å². The lowest BCUT2D eigenvalue weighted by molar-refractivity contribution is 0.384. The van der Waals surface area contributed by atoms with E-state index in [9.17, 15) is 4.79 Å². The fraction of sp³-hybridized carbons (Fsp3) is 0.444. The van der Waals surface area contributed by atoms with Crippen molar-refractivity contribution in [1.29, 1.82) is 0 Å². The summed E-state index contributed by atoms with van der Waals surface area (Å²) in [5, 5.41) is 0. The maximum atomic E-state index is 11.2. The summed E-state index contributed by atoms with van der Waals surface area (Å²) < 4.78 is 1.72. The van der Waals surface area contributed by atoms with Crippen LogP contribution in [-0.2, 0) is 5.54 Å². The van der Waals surface area contributed by atoms with E-state index < -0.39 is 0 Å². The molecule has 11 heavy (non-hydrogen) atoms. The van der Waals surface area contributed by atoms with Crippen LogP contribution >= 0.6 is 0 Å². The van der Waals surface area contributed by atoms with Gasteiger partial charge in [-0.3, -0.25) is 4.79 Å². The van der Waals surface area contributed by atoms with Crippen molar-refractivity contribution in [2.75, 3.05) is 0 Å². The van der Waals surface area contributed by atoms with Crippen LogP contribution in [0.5, 0.6) is 0 Å². The highest BCUT2D eigenvalue weighted by atomic mass is 16.1. The molecular weight excluding hydrogens is 138 g/mol. The minimum absolute atomic E-state index is 0.0556. The summed E-state index contributed by atoms with van der Waals surface area (Å²) in [4.78, 5) is 11.2. The Balaban J connectivity index is 3.26. The first-order valence-electron chi connectivity index (χ1n) is 3.70. The smallest absolute Gasteiger partial charge is 0.250 e. The molecule has 0 spiro atoms. The predicted molar refractivity (Wildman–Crippen MR) is 45.7 cm³/mol. The van der Waals surface area contributed by atoms with Crippen LogP contribution in [0.1, 0.15) is 20.8 Å². The second-order valence-corrected chi connectivity index (χ2v) is 3.58. The van der Waals surface area contributed by atoms with Crippen LogP contribution in [0.2, 0.25) is 0 Å². The number of pyridine rings is 1. The molecule has 1 rings (SSSR count). The summed E-state index contributed by atoms with van der Waals surface area (Å²) >= 11 is 0. The van der Waals surface area contributed by atoms with Gasteiger partial charge in [-0.25, -0.2) is 0 Å². The second-order valence-electron chi connectivity index (χ2n) is 3.58. The average Bonchev–Trinajstić information content (AvgIpc) is 1.86. The second kappa shape index (κ2) is 2.53. The Morgan fingerprint density at radius 2 is 1.91 bits per heavy atom. The van der Waals surface area contributed by atoms with Crippen LogP contribution in [-0.4, -0.2) is 4.57 Å². The van der Waals surface area contributed by atoms with Crippen molar-refractivity contribution in [1.82, 2.24) is 4.57 Å². The number of rotatable bonds is 0. The molecule has 0 saturated carbocycles. The topological polar surface area (TPSA) is 22.0 Å². The van der Waals surface area contributed by atoms with Gasteiger partial charge in [-0.1, -0.05) is 6.07 Å². The summed E-state index contributed by atoms with van der Waals surface area (Å²) in [5.41, 5.74) is -0.0572. The van der Waals surface area contributed by atoms with E-state index in [1.165, 1.54) is 0 Å². The molecule has 0 radical (unpaired) electrons. The molecule has 0 aliphatic carbocycles. The van der Waals surface area contributed by atoms with Crippen molar-refractivity contribution in [3.8, 4) is 0 Å². The molecule has 1 aromatic rings. The molecule has 0 N–H and O–H groups in total. The largest absolute Gasteiger partial charge is 0.310 e. The van der Waals surface area contributed by atoms with Gasteiger partial charge in [0.2, 0.25) is 0 Å². The Morgan fingerprint density at radius 1 is 1.27 bits per heavy atom. The molecule has 1 aromatic heterocycles. The third kappa shape index (κ3) is 1.70. The quantitative estimate of drug-likeness (QED) is 0.552. The van der Waals surface area contributed by atoms with E-state index >= 15 is 0 Å². The normalized spacial score (nSPS) is 11.5. The minimum atomic E-state index is -0.113. The summed E-state index contributed by atoms with van der Waals surface area (Å²) in [5.74, 6) is 0. The van der Waals surface area contributed by atoms with Crippen LogP contribution in [0, 0.1) is 0 Å². The summed E-state index contributed by atoms with van der Waals surface area (Å²) in [7, 11) is 0. The van der Waals surface area contributed by atoms with Gasteiger partial charge in [0.05, 0.1) is 0 Å². The first kappa shape index (κ1) is 8.05. The van der Waals surface area contributed by atoms with E-state index in [0.717, 1.165) is 0 Å². The monoisotopic (exact) mass is 151 g/mol. The van der Waals surface area contributed by atoms with Crippen molar-refractivity contribution in [2.45, 2.75) is 26.3 Å². The molecule has 0 saturated heterocycles. The number of hydrogen-bond donors (Lipinski definition) is 0. The van der Waals surface area contributed by atoms with E-state index in [4.69, 9.17) is 0 Å². The van der Waals surface area contributed by atoms with Gasteiger partial charge in [-0.05, 0) is 26.8 Å². The van der Waals surface area contributed by atoms with Crippen molar-refractivity contribution >= 4 is 0 Å². The van der Waals surface area contributed by atoms with Gasteiger partial charge >= 0.3 is 0 Å². The van der Waals surface area contributed by atoms with Gasteiger partial charge < -0.3 is 4.57 Å². The molecule has 0 aromatic carbocycles. The van der Waals surface area contributed by atoms with Gasteiger partial charge in [-0.2, -0.15) is 0 Å². The number of aromatic nitrogens is 1. The molecule has 0 fully saturated rings. The fourth-order valence-corrected chi connectivity index (χ4v) is 0.982. The third-order valence-electron chi connectivity index (χ3n) is 1.55. The van der Waals surface area contributed by atoms with Crippen LogP contribution in [0.25, 0.3) is 0 Å². The average molecular weight is 151 g/mol. The minimum Gasteiger partial charge on any atom is -0.310 e. The van der Waals surface area contributed by atoms with E-state index in [1.807, 2.05) is 33.0 Å². The van der Waals surface area contributed by atoms with Crippen molar-refractivity contribution < 1.29 is 0 Å². The van der Waals surface area contributed by atoms with Crippen molar-refractivity contribution in [3.63, 3.8) is 0 Å². The molecular formula is C9H13NO. The molecule has 2 nitrogen and oxygen atoms in total. The van der Waals surface area contributed by atoms with E-state index in [-0.39, 0.29) is 11.1 Å². The third-order valence-corrected chi connectivity index (χ3v) is 1.55.